The molecule has 8 heteroatoms. The van der Waals surface area contributed by atoms with Crippen LogP contribution >= 0.6 is 0 Å². The Kier molecular flexibility index (Phi) is 6.37. The zero-order valence-corrected chi connectivity index (χ0v) is 15.4. The lowest BCUT2D eigenvalue weighted by molar-refractivity contribution is -0.526. The van der Waals surface area contributed by atoms with Gasteiger partial charge in [-0.05, 0) is 30.3 Å². The third-order valence-corrected chi connectivity index (χ3v) is 4.37. The molecule has 1 heterocycles. The Morgan fingerprint density at radius 3 is 2.07 bits per heavy atom. The highest BCUT2D eigenvalue weighted by atomic mass is 32.2. The molecule has 0 saturated carbocycles. The van der Waals surface area contributed by atoms with Crippen LogP contribution in [0.2, 0.25) is 0 Å². The third-order valence-electron chi connectivity index (χ3n) is 3.80. The first-order valence-electron chi connectivity index (χ1n) is 7.90. The van der Waals surface area contributed by atoms with Crippen LogP contribution in [-0.2, 0) is 10.1 Å². The molecular weight excluding hydrogens is 391 g/mol. The van der Waals surface area contributed by atoms with Crippen molar-refractivity contribution in [2.24, 2.45) is 0 Å². The molecule has 3 aromatic rings. The van der Waals surface area contributed by atoms with Crippen LogP contribution in [0.15, 0.2) is 73.8 Å². The standard InChI is InChI=1S/C19H16N.CHF3O3S/c1-3-15-9-5-7-11-17(15)19-14-13-16-10-6-8-12-18(16)20(19)4-2;2-1(3,4)8(5,6)7/h3-14H,1-2H2;(H,5,6,7)/q+1;/p-1. The Labute approximate surface area is 160 Å². The van der Waals surface area contributed by atoms with Crippen LogP contribution in [0.25, 0.3) is 34.4 Å². The Bertz CT molecular complexity index is 1120. The van der Waals surface area contributed by atoms with E-state index in [1.807, 2.05) is 36.5 Å². The van der Waals surface area contributed by atoms with Crippen molar-refractivity contribution in [3.05, 3.63) is 79.4 Å². The van der Waals surface area contributed by atoms with E-state index in [2.05, 4.69) is 54.1 Å². The van der Waals surface area contributed by atoms with Crippen molar-refractivity contribution in [1.29, 1.82) is 0 Å². The molecule has 0 aliphatic heterocycles. The average molecular weight is 407 g/mol. The molecule has 0 aliphatic rings. The van der Waals surface area contributed by atoms with E-state index < -0.39 is 15.6 Å². The van der Waals surface area contributed by atoms with E-state index in [1.165, 1.54) is 5.39 Å². The monoisotopic (exact) mass is 407 g/mol. The molecule has 0 fully saturated rings. The molecule has 0 atom stereocenters. The van der Waals surface area contributed by atoms with Crippen molar-refractivity contribution in [2.75, 3.05) is 0 Å². The lowest BCUT2D eigenvalue weighted by Gasteiger charge is -2.08. The van der Waals surface area contributed by atoms with Crippen molar-refractivity contribution in [3.8, 4) is 11.3 Å². The quantitative estimate of drug-likeness (QED) is 0.363. The molecule has 0 N–H and O–H groups in total. The van der Waals surface area contributed by atoms with E-state index in [4.69, 9.17) is 13.0 Å². The van der Waals surface area contributed by atoms with E-state index in [0.717, 1.165) is 22.3 Å². The number of halogens is 3. The average Bonchev–Trinajstić information content (AvgIpc) is 2.66. The van der Waals surface area contributed by atoms with Crippen LogP contribution in [0, 0.1) is 0 Å². The van der Waals surface area contributed by atoms with Gasteiger partial charge in [0, 0.05) is 17.5 Å². The highest BCUT2D eigenvalue weighted by Crippen LogP contribution is 2.24. The highest BCUT2D eigenvalue weighted by Gasteiger charge is 2.36. The third kappa shape index (κ3) is 4.65. The smallest absolute Gasteiger partial charge is 0.485 e. The summed E-state index contributed by atoms with van der Waals surface area (Å²) in [6.07, 6.45) is 3.75. The molecule has 146 valence electrons. The molecule has 0 spiro atoms. The van der Waals surface area contributed by atoms with Crippen LogP contribution < -0.4 is 4.57 Å². The summed E-state index contributed by atoms with van der Waals surface area (Å²) >= 11 is 0. The predicted octanol–water partition coefficient (Wildman–Crippen LogP) is 4.59. The summed E-state index contributed by atoms with van der Waals surface area (Å²) in [5.74, 6) is 0. The van der Waals surface area contributed by atoms with Gasteiger partial charge in [-0.3, -0.25) is 0 Å². The lowest BCUT2D eigenvalue weighted by atomic mass is 10.0. The van der Waals surface area contributed by atoms with Crippen molar-refractivity contribution in [3.63, 3.8) is 0 Å². The van der Waals surface area contributed by atoms with Crippen molar-refractivity contribution >= 4 is 33.3 Å². The Balaban J connectivity index is 0.000000300. The van der Waals surface area contributed by atoms with Crippen LogP contribution in [0.1, 0.15) is 5.56 Å². The van der Waals surface area contributed by atoms with Gasteiger partial charge in [-0.15, -0.1) is 0 Å². The molecule has 28 heavy (non-hydrogen) atoms. The maximum absolute atomic E-state index is 10.7. The SMILES string of the molecule is C=Cc1ccccc1-c1ccc2ccccc2[n+]1C=C.O=S(=O)([O-])C(F)(F)F. The maximum Gasteiger partial charge on any atom is 0.485 e. The molecule has 1 aromatic heterocycles. The van der Waals surface area contributed by atoms with E-state index in [-0.39, 0.29) is 0 Å². The first-order valence-corrected chi connectivity index (χ1v) is 9.31. The van der Waals surface area contributed by atoms with Crippen molar-refractivity contribution in [2.45, 2.75) is 5.51 Å². The van der Waals surface area contributed by atoms with Gasteiger partial charge in [0.05, 0.1) is 5.56 Å². The molecule has 0 amide bonds. The number of pyridine rings is 1. The number of hydrogen-bond acceptors (Lipinski definition) is 3. The molecule has 0 aliphatic carbocycles. The normalized spacial score (nSPS) is 11.4. The fourth-order valence-electron chi connectivity index (χ4n) is 2.55. The number of fused-ring (bicyclic) bond motifs is 1. The summed E-state index contributed by atoms with van der Waals surface area (Å²) < 4.78 is 61.0. The molecule has 0 saturated heterocycles. The van der Waals surface area contributed by atoms with Gasteiger partial charge in [0.15, 0.2) is 16.3 Å². The lowest BCUT2D eigenvalue weighted by Crippen LogP contribution is -2.29. The van der Waals surface area contributed by atoms with E-state index in [0.29, 0.717) is 0 Å². The molecule has 0 radical (unpaired) electrons. The number of rotatable bonds is 3. The second-order valence-electron chi connectivity index (χ2n) is 5.52. The molecule has 0 unspecified atom stereocenters. The zero-order chi connectivity index (χ0) is 20.9. The molecule has 2 aromatic carbocycles. The first kappa shape index (κ1) is 21.3. The topological polar surface area (TPSA) is 61.1 Å². The van der Waals surface area contributed by atoms with Crippen LogP contribution in [0.4, 0.5) is 13.2 Å². The zero-order valence-electron chi connectivity index (χ0n) is 14.6. The summed E-state index contributed by atoms with van der Waals surface area (Å²) in [4.78, 5) is 0. The van der Waals surface area contributed by atoms with Gasteiger partial charge in [0.25, 0.3) is 0 Å². The summed E-state index contributed by atoms with van der Waals surface area (Å²) in [5.41, 5.74) is -1.09. The summed E-state index contributed by atoms with van der Waals surface area (Å²) in [6.45, 7) is 7.86. The highest BCUT2D eigenvalue weighted by molar-refractivity contribution is 7.86. The van der Waals surface area contributed by atoms with Gasteiger partial charge in [-0.2, -0.15) is 17.7 Å². The van der Waals surface area contributed by atoms with Crippen LogP contribution in [-0.4, -0.2) is 18.5 Å². The number of para-hydroxylation sites is 1. The minimum Gasteiger partial charge on any atom is -0.741 e. The molecule has 4 nitrogen and oxygen atoms in total. The maximum atomic E-state index is 10.7. The number of hydrogen-bond donors (Lipinski definition) is 0. The van der Waals surface area contributed by atoms with Crippen LogP contribution in [0.3, 0.4) is 0 Å². The van der Waals surface area contributed by atoms with E-state index >= 15 is 0 Å². The minimum atomic E-state index is -6.09. The summed E-state index contributed by atoms with van der Waals surface area (Å²) in [5, 5.41) is 1.20. The van der Waals surface area contributed by atoms with Crippen molar-refractivity contribution < 1.29 is 30.7 Å². The Hall–Kier alpha value is -2.97. The van der Waals surface area contributed by atoms with Gasteiger partial charge in [-0.1, -0.05) is 43.0 Å². The van der Waals surface area contributed by atoms with Gasteiger partial charge in [0.1, 0.15) is 0 Å². The first-order chi connectivity index (χ1) is 13.1. The largest absolute Gasteiger partial charge is 0.741 e. The van der Waals surface area contributed by atoms with Gasteiger partial charge < -0.3 is 4.55 Å². The fourth-order valence-corrected chi connectivity index (χ4v) is 2.55. The van der Waals surface area contributed by atoms with E-state index in [9.17, 15) is 13.2 Å². The second-order valence-corrected chi connectivity index (χ2v) is 6.89. The van der Waals surface area contributed by atoms with Crippen LogP contribution in [0.5, 0.6) is 0 Å². The number of benzene rings is 2. The van der Waals surface area contributed by atoms with Gasteiger partial charge in [-0.25, -0.2) is 8.42 Å². The van der Waals surface area contributed by atoms with Gasteiger partial charge in [0.2, 0.25) is 11.2 Å². The molecular formula is C20H16F3NO3S. The van der Waals surface area contributed by atoms with E-state index in [1.54, 1.807) is 0 Å². The number of aromatic nitrogens is 1. The summed E-state index contributed by atoms with van der Waals surface area (Å²) in [6, 6.07) is 20.8. The number of nitrogens with zero attached hydrogens (tertiary/aromatic N) is 1. The molecule has 3 rings (SSSR count). The Morgan fingerprint density at radius 2 is 1.50 bits per heavy atom. The fraction of sp³-hybridized carbons (Fsp3) is 0.0500. The summed E-state index contributed by atoms with van der Waals surface area (Å²) in [7, 11) is -6.09. The van der Waals surface area contributed by atoms with Crippen molar-refractivity contribution in [1.82, 2.24) is 0 Å². The second kappa shape index (κ2) is 8.37. The predicted molar refractivity (Wildman–Crippen MR) is 102 cm³/mol. The molecule has 0 bridgehead atoms. The number of alkyl halides is 3. The van der Waals surface area contributed by atoms with Gasteiger partial charge >= 0.3 is 5.51 Å². The Morgan fingerprint density at radius 1 is 0.929 bits per heavy atom. The minimum absolute atomic E-state index is 1.12.